The number of nitrogens with one attached hydrogen (secondary N) is 1. The van der Waals surface area contributed by atoms with Gasteiger partial charge in [-0.1, -0.05) is 0 Å². The van der Waals surface area contributed by atoms with E-state index in [1.165, 1.54) is 0 Å². The van der Waals surface area contributed by atoms with Gasteiger partial charge in [0.1, 0.15) is 2.74 Å². The van der Waals surface area contributed by atoms with E-state index in [9.17, 15) is 4.79 Å². The van der Waals surface area contributed by atoms with Crippen LogP contribution in [-0.2, 0) is 0 Å². The second-order valence-corrected chi connectivity index (χ2v) is 2.65. The molecule has 1 unspecified atom stereocenters. The maximum atomic E-state index is 12.6. The zero-order valence-electron chi connectivity index (χ0n) is 16.7. The van der Waals surface area contributed by atoms with E-state index < -0.39 is 60.6 Å². The van der Waals surface area contributed by atoms with Crippen molar-refractivity contribution in [2.75, 3.05) is 13.8 Å². The molecule has 1 atom stereocenters. The van der Waals surface area contributed by atoms with Crippen LogP contribution in [0.25, 0.3) is 0 Å². The van der Waals surface area contributed by atoms with Gasteiger partial charge < -0.3 is 14.8 Å². The van der Waals surface area contributed by atoms with Crippen molar-refractivity contribution in [1.82, 2.24) is 5.32 Å². The molecule has 1 aliphatic heterocycles. The summed E-state index contributed by atoms with van der Waals surface area (Å²) in [5.41, 5.74) is -0.833. The Morgan fingerprint density at radius 3 is 3.27 bits per heavy atom. The van der Waals surface area contributed by atoms with Crippen molar-refractivity contribution < 1.29 is 26.6 Å². The smallest absolute Gasteiger partial charge is 0.231 e. The highest BCUT2D eigenvalue weighted by Crippen LogP contribution is 2.32. The van der Waals surface area contributed by atoms with Gasteiger partial charge in [-0.15, -0.1) is 0 Å². The number of benzene rings is 1. The molecule has 4 nitrogen and oxygen atoms in total. The Balaban J connectivity index is 2.70. The summed E-state index contributed by atoms with van der Waals surface area (Å²) in [5, 5.41) is 2.06. The van der Waals surface area contributed by atoms with Gasteiger partial charge in [0.25, 0.3) is 0 Å². The monoisotopic (exact) mass is 216 g/mol. The van der Waals surface area contributed by atoms with E-state index in [1.54, 1.807) is 0 Å². The van der Waals surface area contributed by atoms with Crippen LogP contribution < -0.4 is 14.8 Å². The van der Waals surface area contributed by atoms with E-state index in [0.29, 0.717) is 0 Å². The average molecular weight is 216 g/mol. The van der Waals surface area contributed by atoms with Gasteiger partial charge in [0.15, 0.2) is 17.3 Å². The summed E-state index contributed by atoms with van der Waals surface area (Å²) < 4.78 is 77.6. The molecule has 0 spiro atoms. The predicted octanol–water partition coefficient (Wildman–Crippen LogP) is 1.21. The quantitative estimate of drug-likeness (QED) is 0.771. The number of ketones is 1. The van der Waals surface area contributed by atoms with Crippen LogP contribution in [0.4, 0.5) is 0 Å². The first-order valence-corrected chi connectivity index (χ1v) is 4.02. The summed E-state index contributed by atoms with van der Waals surface area (Å²) in [6.45, 7) is -5.81. The molecular formula is C11H13NO3. The van der Waals surface area contributed by atoms with Crippen molar-refractivity contribution >= 4 is 5.78 Å². The standard InChI is InChI=1S/C11H13NO3/c1-7(12-2)11(13)8-3-4-9-10(5-8)15-6-14-9/h3-5,7,12H,6H2,1-2H3/i1D3,3D,4D,5D,6D2,7D. The summed E-state index contributed by atoms with van der Waals surface area (Å²) in [4.78, 5) is 12.6. The van der Waals surface area contributed by atoms with Crippen LogP contribution in [0.3, 0.4) is 0 Å². The van der Waals surface area contributed by atoms with E-state index in [0.717, 1.165) is 7.05 Å². The van der Waals surface area contributed by atoms with Crippen molar-refractivity contribution in [3.05, 3.63) is 23.7 Å². The number of carbonyl (C=O) groups is 1. The van der Waals surface area contributed by atoms with Gasteiger partial charge in [0, 0.05) is 9.68 Å². The highest BCUT2D eigenvalue weighted by molar-refractivity contribution is 6.00. The lowest BCUT2D eigenvalue weighted by molar-refractivity contribution is 0.0954. The number of hydrogen-bond donors (Lipinski definition) is 1. The van der Waals surface area contributed by atoms with Crippen molar-refractivity contribution in [3.8, 4) is 11.5 Å². The van der Waals surface area contributed by atoms with Gasteiger partial charge in [0.2, 0.25) is 6.75 Å². The number of carbonyl (C=O) groups excluding carboxylic acids is 1. The van der Waals surface area contributed by atoms with E-state index in [4.69, 9.17) is 21.8 Å². The molecule has 1 N–H and O–H groups in total. The minimum absolute atomic E-state index is 0.527. The molecule has 1 heterocycles. The summed E-state index contributed by atoms with van der Waals surface area (Å²) in [7, 11) is 1.07. The Bertz CT molecular complexity index is 718. The van der Waals surface area contributed by atoms with Crippen LogP contribution in [0.5, 0.6) is 11.5 Å². The molecule has 1 aliphatic rings. The Morgan fingerprint density at radius 2 is 2.53 bits per heavy atom. The first-order chi connectivity index (χ1) is 10.8. The lowest BCUT2D eigenvalue weighted by Gasteiger charge is -2.09. The number of rotatable bonds is 3. The molecule has 0 bridgehead atoms. The normalized spacial score (nSPS) is 30.1. The summed E-state index contributed by atoms with van der Waals surface area (Å²) in [6, 6.07) is -5.25. The fraction of sp³-hybridized carbons (Fsp3) is 0.364. The minimum Gasteiger partial charge on any atom is -0.454 e. The topological polar surface area (TPSA) is 47.6 Å². The Hall–Kier alpha value is -1.55. The average Bonchev–Trinajstić information content (AvgIpc) is 2.79. The second-order valence-electron chi connectivity index (χ2n) is 2.65. The molecule has 15 heavy (non-hydrogen) atoms. The largest absolute Gasteiger partial charge is 0.454 e. The molecule has 4 heteroatoms. The Morgan fingerprint density at radius 1 is 1.73 bits per heavy atom. The highest BCUT2D eigenvalue weighted by Gasteiger charge is 2.18. The maximum absolute atomic E-state index is 12.6. The van der Waals surface area contributed by atoms with Gasteiger partial charge in [-0.05, 0) is 32.0 Å². The summed E-state index contributed by atoms with van der Waals surface area (Å²) in [5.74, 6) is -2.54. The van der Waals surface area contributed by atoms with Crippen LogP contribution in [0.2, 0.25) is 0 Å². The van der Waals surface area contributed by atoms with Gasteiger partial charge >= 0.3 is 0 Å². The van der Waals surface area contributed by atoms with E-state index in [1.807, 2.05) is 0 Å². The lowest BCUT2D eigenvalue weighted by atomic mass is 10.1. The Labute approximate surface area is 101 Å². The van der Waals surface area contributed by atoms with Crippen LogP contribution in [0.15, 0.2) is 18.1 Å². The third-order valence-corrected chi connectivity index (χ3v) is 1.74. The predicted molar refractivity (Wildman–Crippen MR) is 55.4 cm³/mol. The number of likely N-dealkylation sites (N-methyl/N-ethyl adjacent to an activating group) is 1. The zero-order valence-corrected chi connectivity index (χ0v) is 7.72. The molecule has 1 aromatic carbocycles. The van der Waals surface area contributed by atoms with Crippen molar-refractivity contribution in [1.29, 1.82) is 0 Å². The SMILES string of the molecule is [2H]c1c([2H])c(C(=O)C([2H])(NC)C([2H])([2H])[2H])c([2H])c2c1OC([2H])([2H])O2. The molecule has 0 radical (unpaired) electrons. The van der Waals surface area contributed by atoms with E-state index in [-0.39, 0.29) is 0 Å². The van der Waals surface area contributed by atoms with Gasteiger partial charge in [-0.25, -0.2) is 0 Å². The zero-order chi connectivity index (χ0) is 18.7. The van der Waals surface area contributed by atoms with Gasteiger partial charge in [0.05, 0.1) is 11.5 Å². The summed E-state index contributed by atoms with van der Waals surface area (Å²) >= 11 is 0. The van der Waals surface area contributed by atoms with Crippen LogP contribution in [0.1, 0.15) is 29.5 Å². The van der Waals surface area contributed by atoms with Crippen LogP contribution in [0, 0.1) is 0 Å². The third kappa shape index (κ3) is 1.80. The van der Waals surface area contributed by atoms with Crippen LogP contribution in [-0.4, -0.2) is 25.6 Å². The minimum atomic E-state index is -3.12. The first-order valence-electron chi connectivity index (χ1n) is 8.52. The van der Waals surface area contributed by atoms with Crippen molar-refractivity contribution in [2.24, 2.45) is 0 Å². The lowest BCUT2D eigenvalue weighted by Crippen LogP contribution is -2.30. The maximum Gasteiger partial charge on any atom is 0.231 e. The highest BCUT2D eigenvalue weighted by atomic mass is 16.7. The third-order valence-electron chi connectivity index (χ3n) is 1.74. The molecule has 0 saturated carbocycles. The molecule has 0 aromatic heterocycles. The van der Waals surface area contributed by atoms with E-state index in [2.05, 4.69) is 5.32 Å². The molecule has 0 saturated heterocycles. The molecular weight excluding hydrogens is 194 g/mol. The molecule has 0 fully saturated rings. The second kappa shape index (κ2) is 3.90. The summed E-state index contributed by atoms with van der Waals surface area (Å²) in [6.07, 6.45) is 0. The van der Waals surface area contributed by atoms with Gasteiger partial charge in [-0.2, -0.15) is 0 Å². The van der Waals surface area contributed by atoms with Crippen LogP contribution >= 0.6 is 0 Å². The first kappa shape index (κ1) is 3.79. The van der Waals surface area contributed by atoms with Crippen molar-refractivity contribution in [3.63, 3.8) is 0 Å². The fourth-order valence-electron chi connectivity index (χ4n) is 0.978. The molecule has 0 amide bonds. The number of fused-ring (bicyclic) bond motifs is 1. The number of ether oxygens (including phenoxy) is 2. The van der Waals surface area contributed by atoms with E-state index >= 15 is 0 Å². The number of hydrogen-bond acceptors (Lipinski definition) is 4. The molecule has 2 rings (SSSR count). The Kier molecular flexibility index (Phi) is 0.986. The molecule has 80 valence electrons. The molecule has 0 aliphatic carbocycles. The van der Waals surface area contributed by atoms with Crippen molar-refractivity contribution in [2.45, 2.75) is 12.9 Å². The number of Topliss-reactive ketones (excluding diaryl/α,β-unsaturated/α-hetero) is 1. The molecule has 1 aromatic rings. The fourth-order valence-corrected chi connectivity index (χ4v) is 0.978. The van der Waals surface area contributed by atoms with Gasteiger partial charge in [-0.3, -0.25) is 4.79 Å².